The molecule has 0 saturated carbocycles. The van der Waals surface area contributed by atoms with Gasteiger partial charge in [-0.15, -0.1) is 22.7 Å². The molecule has 8 nitrogen and oxygen atoms in total. The molecule has 14 heteroatoms. The Bertz CT molecular complexity index is 3680. The third-order valence-corrected chi connectivity index (χ3v) is 20.9. The van der Waals surface area contributed by atoms with E-state index in [9.17, 15) is 20.4 Å². The van der Waals surface area contributed by atoms with Crippen LogP contribution in [0.1, 0.15) is 154 Å². The van der Waals surface area contributed by atoms with Crippen LogP contribution in [0.25, 0.3) is 20.2 Å². The average Bonchev–Trinajstić information content (AvgIpc) is 1.88. The number of hydrogen-bond acceptors (Lipinski definition) is 10. The maximum Gasteiger partial charge on any atom is 0.450 e. The van der Waals surface area contributed by atoms with Gasteiger partial charge in [0.15, 0.2) is 0 Å². The number of aliphatic hydroxyl groups excluding tert-OH is 3. The number of phenols is 1. The molecule has 89 heavy (non-hydrogen) atoms. The Labute approximate surface area is 551 Å². The lowest BCUT2D eigenvalue weighted by Gasteiger charge is -2.42. The van der Waals surface area contributed by atoms with E-state index in [1.165, 1.54) is 85.6 Å². The molecule has 0 aliphatic carbocycles. The fourth-order valence-electron chi connectivity index (χ4n) is 12.4. The van der Waals surface area contributed by atoms with Crippen molar-refractivity contribution in [3.8, 4) is 5.75 Å². The number of thiophene rings is 2. The number of halogens is 3. The zero-order chi connectivity index (χ0) is 64.5. The molecule has 2 aliphatic rings. The Morgan fingerprint density at radius 1 is 0.528 bits per heavy atom. The van der Waals surface area contributed by atoms with E-state index in [1.54, 1.807) is 17.4 Å². The van der Waals surface area contributed by atoms with Crippen LogP contribution >= 0.6 is 57.1 Å². The second-order valence-corrected chi connectivity index (χ2v) is 29.2. The van der Waals surface area contributed by atoms with E-state index >= 15 is 0 Å². The van der Waals surface area contributed by atoms with Crippen molar-refractivity contribution < 1.29 is 39.4 Å². The Hall–Kier alpha value is -5.09. The summed E-state index contributed by atoms with van der Waals surface area (Å²) in [4.78, 5) is 1.82. The van der Waals surface area contributed by atoms with Crippen molar-refractivity contribution in [1.82, 2.24) is 0 Å². The maximum absolute atomic E-state index is 10.6. The third-order valence-electron chi connectivity index (χ3n) is 18.1. The number of fused-ring (bicyclic) bond motifs is 2. The molecule has 0 amide bonds. The van der Waals surface area contributed by atoms with E-state index in [-0.39, 0.29) is 54.0 Å². The average molecular weight is 1300 g/mol. The number of benzene rings is 7. The van der Waals surface area contributed by atoms with Crippen LogP contribution in [0.5, 0.6) is 5.75 Å². The Kier molecular flexibility index (Phi) is 24.3. The molecule has 9 aromatic rings. The predicted octanol–water partition coefficient (Wildman–Crippen LogP) is 19.0. The lowest BCUT2D eigenvalue weighted by molar-refractivity contribution is -0.211. The molecule has 0 spiro atoms. The SMILES string of the molecule is CC[C@@H]1C[C@H](OCc2ccccc2)[C@@H](OCc2ccccc2)[C@H](c2cc(C(C)(C)c3cc4ccccc4s3)c(C)cc2C)O1.Cc1cc(C)c(C)c(C)c1C.Cc1cc(O)c([C@@H]2O[C@H](CO)C[C@H](O)[C@H]2O)cc1C(C)(C)c1cc2ccccc2s1.ClB(Cl)Cl. The highest BCUT2D eigenvalue weighted by Crippen LogP contribution is 2.47. The lowest BCUT2D eigenvalue weighted by Crippen LogP contribution is -2.46. The molecule has 2 aromatic heterocycles. The van der Waals surface area contributed by atoms with Gasteiger partial charge in [-0.3, -0.25) is 0 Å². The second kappa shape index (κ2) is 31.0. The largest absolute Gasteiger partial charge is 0.508 e. The van der Waals surface area contributed by atoms with Gasteiger partial charge in [0.1, 0.15) is 30.2 Å². The minimum absolute atomic E-state index is 0.0123. The van der Waals surface area contributed by atoms with Crippen LogP contribution in [0.3, 0.4) is 0 Å². The topological polar surface area (TPSA) is 118 Å². The van der Waals surface area contributed by atoms with E-state index in [4.69, 9.17) is 53.3 Å². The van der Waals surface area contributed by atoms with Gasteiger partial charge in [-0.2, -0.15) is 34.4 Å². The van der Waals surface area contributed by atoms with Gasteiger partial charge < -0.3 is 39.4 Å². The summed E-state index contributed by atoms with van der Waals surface area (Å²) in [6, 6.07) is 52.9. The van der Waals surface area contributed by atoms with Crippen molar-refractivity contribution >= 4 is 82.2 Å². The Morgan fingerprint density at radius 2 is 0.978 bits per heavy atom. The molecule has 4 N–H and O–H groups in total. The maximum atomic E-state index is 10.6. The van der Waals surface area contributed by atoms with Gasteiger partial charge in [-0.25, -0.2) is 0 Å². The number of aliphatic hydroxyl groups is 3. The Balaban J connectivity index is 0.000000195. The van der Waals surface area contributed by atoms with Gasteiger partial charge in [0, 0.05) is 48.4 Å². The molecule has 4 heterocycles. The molecule has 2 aliphatic heterocycles. The number of phenolic OH excluding ortho intramolecular Hbond substituents is 1. The van der Waals surface area contributed by atoms with Crippen LogP contribution in [0.15, 0.2) is 152 Å². The van der Waals surface area contributed by atoms with Crippen LogP contribution < -0.4 is 0 Å². The summed E-state index contributed by atoms with van der Waals surface area (Å²) in [6.45, 7) is 29.4. The standard InChI is InChI=1S/C40H44O3S.C24H28O5S.C11H16.BCl3/c1-6-32-23-35(41-25-29-15-9-7-10-16-29)39(42-26-30-17-11-8-12-18-30)38(43-32)33-24-34(28(3)21-27(33)2)40(4,5)37-22-31-19-13-14-20-36(31)44-37;1-13-8-18(26)16(23-22(28)19(27)10-15(12-25)29-23)11-17(13)24(2,3)21-9-14-6-4-5-7-20(14)30-21;1-7-6-8(2)10(4)11(5)9(7)3;2-1(3)4/h7-22,24,32,35,38-39H,6,23,25-26H2,1-5H3;4-9,11,15,19,22-23,25-28H,10,12H2,1-3H3;6H,1-5H3;/t32-,35+,38+,39-;15-,19-,22+,23-;;/m10../s1. The molecule has 0 bridgehead atoms. The molecule has 2 saturated heterocycles. The molecule has 472 valence electrons. The highest BCUT2D eigenvalue weighted by atomic mass is 35.6. The minimum Gasteiger partial charge on any atom is -0.508 e. The van der Waals surface area contributed by atoms with Crippen molar-refractivity contribution in [2.45, 2.75) is 182 Å². The third kappa shape index (κ3) is 17.0. The smallest absolute Gasteiger partial charge is 0.450 e. The van der Waals surface area contributed by atoms with Crippen molar-refractivity contribution in [2.75, 3.05) is 6.61 Å². The van der Waals surface area contributed by atoms with Crippen molar-refractivity contribution in [2.24, 2.45) is 0 Å². The first-order valence-electron chi connectivity index (χ1n) is 30.8. The summed E-state index contributed by atoms with van der Waals surface area (Å²) in [6.07, 6.45) is -2.30. The van der Waals surface area contributed by atoms with Gasteiger partial charge in [-0.05, 0) is 181 Å². The van der Waals surface area contributed by atoms with Crippen molar-refractivity contribution in [3.05, 3.63) is 239 Å². The number of aryl methyl sites for hydroxylation is 5. The first kappa shape index (κ1) is 69.8. The molecule has 0 unspecified atom stereocenters. The van der Waals surface area contributed by atoms with E-state index in [0.29, 0.717) is 18.8 Å². The monoisotopic (exact) mass is 1300 g/mol. The summed E-state index contributed by atoms with van der Waals surface area (Å²) < 4.78 is 28.9. The van der Waals surface area contributed by atoms with Crippen LogP contribution in [-0.2, 0) is 43.0 Å². The fraction of sp³-hybridized carbons (Fsp3) is 0.387. The van der Waals surface area contributed by atoms with E-state index in [2.05, 4.69) is 198 Å². The van der Waals surface area contributed by atoms with Crippen LogP contribution in [0, 0.1) is 55.4 Å². The fourth-order valence-corrected chi connectivity index (χ4v) is 14.7. The molecule has 2 fully saturated rings. The predicted molar refractivity (Wildman–Crippen MR) is 374 cm³/mol. The van der Waals surface area contributed by atoms with E-state index < -0.39 is 29.4 Å². The molecular formula is C75H88BCl3O8S2. The van der Waals surface area contributed by atoms with Gasteiger partial charge in [0.25, 0.3) is 0 Å². The summed E-state index contributed by atoms with van der Waals surface area (Å²) in [7, 11) is 0. The molecular weight excluding hydrogens is 1210 g/mol. The van der Waals surface area contributed by atoms with E-state index in [1.807, 2.05) is 48.6 Å². The number of hydrogen-bond donors (Lipinski definition) is 4. The van der Waals surface area contributed by atoms with Gasteiger partial charge in [-0.1, -0.05) is 150 Å². The van der Waals surface area contributed by atoms with Gasteiger partial charge in [0.05, 0.1) is 44.2 Å². The summed E-state index contributed by atoms with van der Waals surface area (Å²) in [5.74, 6) is 0.0123. The van der Waals surface area contributed by atoms with Crippen LogP contribution in [0.4, 0.5) is 0 Å². The highest BCUT2D eigenvalue weighted by molar-refractivity contribution is 7.54. The molecule has 11 rings (SSSR count). The Morgan fingerprint density at radius 3 is 1.47 bits per heavy atom. The van der Waals surface area contributed by atoms with Crippen molar-refractivity contribution in [1.29, 1.82) is 0 Å². The second-order valence-electron chi connectivity index (χ2n) is 25.0. The number of rotatable bonds is 14. The van der Waals surface area contributed by atoms with Gasteiger partial charge >= 0.3 is 4.96 Å². The van der Waals surface area contributed by atoms with Crippen LogP contribution in [0.2, 0.25) is 0 Å². The van der Waals surface area contributed by atoms with Gasteiger partial charge in [0.2, 0.25) is 0 Å². The van der Waals surface area contributed by atoms with E-state index in [0.717, 1.165) is 29.5 Å². The summed E-state index contributed by atoms with van der Waals surface area (Å²) in [5.41, 5.74) is 16.4. The normalized spacial score (nSPS) is 20.2. The zero-order valence-electron chi connectivity index (χ0n) is 53.7. The highest BCUT2D eigenvalue weighted by Gasteiger charge is 2.43. The summed E-state index contributed by atoms with van der Waals surface area (Å²) in [5, 5.41) is 43.4. The lowest BCUT2D eigenvalue weighted by atomic mass is 9.77. The molecule has 7 aromatic carbocycles. The summed E-state index contributed by atoms with van der Waals surface area (Å²) >= 11 is 18.1. The molecule has 8 atom stereocenters. The zero-order valence-corrected chi connectivity index (χ0v) is 57.6. The first-order chi connectivity index (χ1) is 42.3. The van der Waals surface area contributed by atoms with Crippen LogP contribution in [-0.4, -0.2) is 68.6 Å². The minimum atomic E-state index is -1.18. The number of ether oxygens (including phenoxy) is 4. The van der Waals surface area contributed by atoms with Crippen molar-refractivity contribution in [3.63, 3.8) is 0 Å². The first-order valence-corrected chi connectivity index (χ1v) is 33.8. The quantitative estimate of drug-likeness (QED) is 0.0796. The number of aromatic hydroxyl groups is 1. The molecule has 0 radical (unpaired) electrons.